The average Bonchev–Trinajstić information content (AvgIpc) is 3.00. The minimum Gasteiger partial charge on any atom is -0.390 e. The predicted molar refractivity (Wildman–Crippen MR) is 106 cm³/mol. The Morgan fingerprint density at radius 2 is 1.70 bits per heavy atom. The van der Waals surface area contributed by atoms with Gasteiger partial charge >= 0.3 is 0 Å². The van der Waals surface area contributed by atoms with Gasteiger partial charge < -0.3 is 5.11 Å². The summed E-state index contributed by atoms with van der Waals surface area (Å²) in [6.45, 7) is 1.63. The fourth-order valence-corrected chi connectivity index (χ4v) is 3.45. The van der Waals surface area contributed by atoms with Gasteiger partial charge in [0.25, 0.3) is 0 Å². The van der Waals surface area contributed by atoms with E-state index in [1.807, 2.05) is 25.1 Å². The summed E-state index contributed by atoms with van der Waals surface area (Å²) in [6.07, 6.45) is 3.55. The number of aliphatic hydroxyl groups excluding tert-OH is 1. The molecule has 0 radical (unpaired) electrons. The summed E-state index contributed by atoms with van der Waals surface area (Å²) in [5.74, 6) is 0. The molecule has 0 aliphatic heterocycles. The minimum absolute atomic E-state index is 0.0227. The van der Waals surface area contributed by atoms with Gasteiger partial charge in [0, 0.05) is 22.3 Å². The normalized spacial score (nSPS) is 12.0. The van der Waals surface area contributed by atoms with Crippen LogP contribution in [0.15, 0.2) is 59.5 Å². The van der Waals surface area contributed by atoms with Crippen molar-refractivity contribution in [2.75, 3.05) is 0 Å². The molecule has 140 valence electrons. The van der Waals surface area contributed by atoms with E-state index < -0.39 is 10.0 Å². The molecule has 27 heavy (non-hydrogen) atoms. The number of hydrogen-bond acceptors (Lipinski definition) is 4. The summed E-state index contributed by atoms with van der Waals surface area (Å²) < 4.78 is 24.6. The molecule has 0 bridgehead atoms. The van der Waals surface area contributed by atoms with Gasteiger partial charge in [-0.1, -0.05) is 41.9 Å². The van der Waals surface area contributed by atoms with E-state index in [2.05, 4.69) is 5.10 Å². The molecule has 0 aliphatic rings. The second-order valence-corrected chi connectivity index (χ2v) is 7.83. The lowest BCUT2D eigenvalue weighted by atomic mass is 9.99. The van der Waals surface area contributed by atoms with E-state index in [1.54, 1.807) is 35.1 Å². The third-order valence-corrected chi connectivity index (χ3v) is 5.22. The van der Waals surface area contributed by atoms with Gasteiger partial charge in [-0.25, -0.2) is 18.2 Å². The molecule has 3 N–H and O–H groups in total. The van der Waals surface area contributed by atoms with E-state index in [1.165, 1.54) is 12.1 Å². The summed E-state index contributed by atoms with van der Waals surface area (Å²) in [5, 5.41) is 20.3. The zero-order chi connectivity index (χ0) is 19.6. The van der Waals surface area contributed by atoms with Gasteiger partial charge in [0.05, 0.1) is 17.2 Å². The molecule has 8 heteroatoms. The Balaban J connectivity index is 2.24. The lowest BCUT2D eigenvalue weighted by molar-refractivity contribution is 0.274. The first-order chi connectivity index (χ1) is 12.8. The van der Waals surface area contributed by atoms with Crippen LogP contribution >= 0.6 is 11.6 Å². The van der Waals surface area contributed by atoms with Crippen molar-refractivity contribution in [3.8, 4) is 22.4 Å². The first-order valence-corrected chi connectivity index (χ1v) is 10.0. The topological polar surface area (TPSA) is 98.2 Å². The van der Waals surface area contributed by atoms with Crippen LogP contribution in [-0.2, 0) is 16.6 Å². The largest absolute Gasteiger partial charge is 0.390 e. The summed E-state index contributed by atoms with van der Waals surface area (Å²) >= 11 is 5.99. The van der Waals surface area contributed by atoms with E-state index in [-0.39, 0.29) is 11.5 Å². The first kappa shape index (κ1) is 19.3. The van der Waals surface area contributed by atoms with Crippen molar-refractivity contribution in [2.24, 2.45) is 5.14 Å². The standard InChI is InChI=1S/C19H18ClN3O3S/c1-2-11-23-17(12-24)18(13-3-7-15(20)8-4-13)19(22-23)14-5-9-16(10-6-14)27(21,25)26/h2-11,24H,12H2,1H3,(H2,21,25,26). The monoisotopic (exact) mass is 403 g/mol. The molecule has 1 aromatic heterocycles. The SMILES string of the molecule is CC=Cn1nc(-c2ccc(S(N)(=O)=O)cc2)c(-c2ccc(Cl)cc2)c1CO. The van der Waals surface area contributed by atoms with Gasteiger partial charge in [0.1, 0.15) is 5.69 Å². The van der Waals surface area contributed by atoms with E-state index in [0.29, 0.717) is 22.0 Å². The fourth-order valence-electron chi connectivity index (χ4n) is 2.81. The Kier molecular flexibility index (Phi) is 5.48. The lowest BCUT2D eigenvalue weighted by Gasteiger charge is -2.07. The number of rotatable bonds is 5. The molecule has 6 nitrogen and oxygen atoms in total. The van der Waals surface area contributed by atoms with Crippen LogP contribution < -0.4 is 5.14 Å². The van der Waals surface area contributed by atoms with Crippen molar-refractivity contribution in [1.82, 2.24) is 9.78 Å². The quantitative estimate of drug-likeness (QED) is 0.681. The highest BCUT2D eigenvalue weighted by molar-refractivity contribution is 7.89. The summed E-state index contributed by atoms with van der Waals surface area (Å²) in [4.78, 5) is 0.0227. The maximum atomic E-state index is 11.5. The molecule has 0 aliphatic carbocycles. The zero-order valence-corrected chi connectivity index (χ0v) is 16.1. The highest BCUT2D eigenvalue weighted by Gasteiger charge is 2.20. The van der Waals surface area contributed by atoms with Crippen LogP contribution in [0.2, 0.25) is 5.02 Å². The molecule has 0 spiro atoms. The minimum atomic E-state index is -3.78. The van der Waals surface area contributed by atoms with Crippen molar-refractivity contribution in [2.45, 2.75) is 18.4 Å². The fraction of sp³-hybridized carbons (Fsp3) is 0.105. The van der Waals surface area contributed by atoms with Crippen LogP contribution in [0.1, 0.15) is 12.6 Å². The van der Waals surface area contributed by atoms with Crippen LogP contribution in [0.3, 0.4) is 0 Å². The maximum Gasteiger partial charge on any atom is 0.238 e. The molecule has 3 aromatic rings. The molecule has 0 unspecified atom stereocenters. The Morgan fingerprint density at radius 1 is 1.11 bits per heavy atom. The predicted octanol–water partition coefficient (Wildman–Crippen LogP) is 3.50. The van der Waals surface area contributed by atoms with Crippen molar-refractivity contribution < 1.29 is 13.5 Å². The number of aromatic nitrogens is 2. The molecule has 0 saturated heterocycles. The van der Waals surface area contributed by atoms with Crippen molar-refractivity contribution in [1.29, 1.82) is 0 Å². The van der Waals surface area contributed by atoms with Crippen LogP contribution in [0.5, 0.6) is 0 Å². The van der Waals surface area contributed by atoms with Gasteiger partial charge in [-0.15, -0.1) is 0 Å². The zero-order valence-electron chi connectivity index (χ0n) is 14.5. The summed E-state index contributed by atoms with van der Waals surface area (Å²) in [6, 6.07) is 13.4. The van der Waals surface area contributed by atoms with Crippen LogP contribution in [0, 0.1) is 0 Å². The van der Waals surface area contributed by atoms with E-state index in [9.17, 15) is 13.5 Å². The second-order valence-electron chi connectivity index (χ2n) is 5.83. The number of allylic oxidation sites excluding steroid dienone is 1. The molecular formula is C19H18ClN3O3S. The van der Waals surface area contributed by atoms with Crippen LogP contribution in [0.4, 0.5) is 0 Å². The number of nitrogens with two attached hydrogens (primary N) is 1. The Hall–Kier alpha value is -2.45. The number of nitrogens with zero attached hydrogens (tertiary/aromatic N) is 2. The third-order valence-electron chi connectivity index (χ3n) is 4.04. The molecule has 0 amide bonds. The van der Waals surface area contributed by atoms with Crippen molar-refractivity contribution in [3.05, 3.63) is 65.3 Å². The van der Waals surface area contributed by atoms with E-state index >= 15 is 0 Å². The van der Waals surface area contributed by atoms with Crippen molar-refractivity contribution in [3.63, 3.8) is 0 Å². The molecule has 3 rings (SSSR count). The Morgan fingerprint density at radius 3 is 2.22 bits per heavy atom. The molecule has 0 saturated carbocycles. The summed E-state index contributed by atoms with van der Waals surface area (Å²) in [5.41, 5.74) is 3.51. The molecule has 0 fully saturated rings. The van der Waals surface area contributed by atoms with Gasteiger partial charge in [0.2, 0.25) is 10.0 Å². The van der Waals surface area contributed by atoms with Gasteiger partial charge in [-0.3, -0.25) is 0 Å². The number of sulfonamides is 1. The van der Waals surface area contributed by atoms with Crippen LogP contribution in [0.25, 0.3) is 28.6 Å². The van der Waals surface area contributed by atoms with Gasteiger partial charge in [-0.2, -0.15) is 5.10 Å². The number of primary sulfonamides is 1. The molecule has 2 aromatic carbocycles. The molecular weight excluding hydrogens is 386 g/mol. The molecule has 0 atom stereocenters. The van der Waals surface area contributed by atoms with Gasteiger partial charge in [0.15, 0.2) is 0 Å². The van der Waals surface area contributed by atoms with E-state index in [0.717, 1.165) is 11.1 Å². The highest BCUT2D eigenvalue weighted by atomic mass is 35.5. The number of benzene rings is 2. The number of aliphatic hydroxyl groups is 1. The van der Waals surface area contributed by atoms with E-state index in [4.69, 9.17) is 16.7 Å². The average molecular weight is 404 g/mol. The van der Waals surface area contributed by atoms with Crippen molar-refractivity contribution >= 4 is 27.8 Å². The first-order valence-electron chi connectivity index (χ1n) is 8.09. The smallest absolute Gasteiger partial charge is 0.238 e. The number of halogens is 1. The maximum absolute atomic E-state index is 11.5. The highest BCUT2D eigenvalue weighted by Crippen LogP contribution is 2.35. The molecule has 1 heterocycles. The summed E-state index contributed by atoms with van der Waals surface area (Å²) in [7, 11) is -3.78. The van der Waals surface area contributed by atoms with Crippen LogP contribution in [-0.4, -0.2) is 23.3 Å². The Bertz CT molecular complexity index is 1090. The second kappa shape index (κ2) is 7.66. The number of hydrogen-bond donors (Lipinski definition) is 2. The third kappa shape index (κ3) is 3.96. The lowest BCUT2D eigenvalue weighted by Crippen LogP contribution is -2.11. The Labute approximate surface area is 162 Å². The van der Waals surface area contributed by atoms with Gasteiger partial charge in [-0.05, 0) is 36.8 Å².